The van der Waals surface area contributed by atoms with Crippen molar-refractivity contribution in [2.75, 3.05) is 13.1 Å². The van der Waals surface area contributed by atoms with E-state index in [0.29, 0.717) is 0 Å². The molecule has 28 heavy (non-hydrogen) atoms. The fourth-order valence-electron chi connectivity index (χ4n) is 3.78. The highest BCUT2D eigenvalue weighted by molar-refractivity contribution is 7.08. The topological polar surface area (TPSA) is 45.2 Å². The molecule has 0 bridgehead atoms. The summed E-state index contributed by atoms with van der Waals surface area (Å²) in [6.07, 6.45) is 3.62. The second kappa shape index (κ2) is 9.13. The van der Waals surface area contributed by atoms with Crippen LogP contribution in [-0.4, -0.2) is 28.9 Å². The second-order valence-corrected chi connectivity index (χ2v) is 8.06. The van der Waals surface area contributed by atoms with E-state index in [0.717, 1.165) is 49.3 Å². The van der Waals surface area contributed by atoms with Crippen molar-refractivity contribution in [3.05, 3.63) is 88.4 Å². The number of amides is 1. The third-order valence-corrected chi connectivity index (χ3v) is 6.07. The van der Waals surface area contributed by atoms with E-state index in [9.17, 15) is 4.79 Å². The van der Waals surface area contributed by atoms with E-state index in [1.165, 1.54) is 0 Å². The van der Waals surface area contributed by atoms with E-state index in [4.69, 9.17) is 0 Å². The Bertz CT molecular complexity index is 859. The summed E-state index contributed by atoms with van der Waals surface area (Å²) in [6.45, 7) is 2.73. The molecule has 5 heteroatoms. The van der Waals surface area contributed by atoms with Crippen LogP contribution in [0.4, 0.5) is 0 Å². The van der Waals surface area contributed by atoms with Crippen LogP contribution in [0.1, 0.15) is 35.7 Å². The minimum atomic E-state index is -0.0773. The summed E-state index contributed by atoms with van der Waals surface area (Å²) in [4.78, 5) is 19.8. The number of benzene rings is 1. The van der Waals surface area contributed by atoms with E-state index in [2.05, 4.69) is 50.2 Å². The zero-order chi connectivity index (χ0) is 19.2. The van der Waals surface area contributed by atoms with Crippen LogP contribution in [-0.2, 0) is 11.3 Å². The van der Waals surface area contributed by atoms with Crippen LogP contribution in [0.25, 0.3) is 0 Å². The Morgan fingerprint density at radius 1 is 1.07 bits per heavy atom. The lowest BCUT2D eigenvalue weighted by atomic mass is 9.94. The van der Waals surface area contributed by atoms with Crippen molar-refractivity contribution in [3.8, 4) is 0 Å². The van der Waals surface area contributed by atoms with E-state index < -0.39 is 0 Å². The molecule has 1 unspecified atom stereocenters. The quantitative estimate of drug-likeness (QED) is 0.683. The number of likely N-dealkylation sites (tertiary alicyclic amines) is 1. The Labute approximate surface area is 170 Å². The number of aromatic nitrogens is 1. The van der Waals surface area contributed by atoms with Crippen molar-refractivity contribution in [2.24, 2.45) is 5.92 Å². The molecule has 3 aromatic rings. The lowest BCUT2D eigenvalue weighted by Gasteiger charge is -2.32. The first-order chi connectivity index (χ1) is 13.8. The number of carbonyl (C=O) groups excluding carboxylic acids is 1. The second-order valence-electron chi connectivity index (χ2n) is 7.28. The zero-order valence-electron chi connectivity index (χ0n) is 15.8. The van der Waals surface area contributed by atoms with Gasteiger partial charge in [-0.05, 0) is 66.0 Å². The minimum absolute atomic E-state index is 0.0739. The molecule has 4 rings (SSSR count). The highest BCUT2D eigenvalue weighted by Crippen LogP contribution is 2.26. The van der Waals surface area contributed by atoms with Gasteiger partial charge in [-0.1, -0.05) is 36.4 Å². The third-order valence-electron chi connectivity index (χ3n) is 5.37. The van der Waals surface area contributed by atoms with E-state index >= 15 is 0 Å². The van der Waals surface area contributed by atoms with Crippen LogP contribution in [0.5, 0.6) is 0 Å². The summed E-state index contributed by atoms with van der Waals surface area (Å²) < 4.78 is 0. The number of rotatable bonds is 6. The summed E-state index contributed by atoms with van der Waals surface area (Å²) in [7, 11) is 0. The Balaban J connectivity index is 1.36. The van der Waals surface area contributed by atoms with Crippen molar-refractivity contribution in [1.82, 2.24) is 15.2 Å². The van der Waals surface area contributed by atoms with Gasteiger partial charge in [-0.15, -0.1) is 0 Å². The molecule has 1 amide bonds. The number of thiophene rings is 1. The van der Waals surface area contributed by atoms with Gasteiger partial charge in [-0.3, -0.25) is 14.7 Å². The van der Waals surface area contributed by atoms with Gasteiger partial charge in [0.25, 0.3) is 0 Å². The normalized spacial score (nSPS) is 16.6. The molecule has 0 aliphatic carbocycles. The van der Waals surface area contributed by atoms with Crippen LogP contribution in [0.3, 0.4) is 0 Å². The molecule has 0 spiro atoms. The number of pyridine rings is 1. The molecule has 1 saturated heterocycles. The third kappa shape index (κ3) is 4.66. The van der Waals surface area contributed by atoms with Crippen LogP contribution in [0.2, 0.25) is 0 Å². The highest BCUT2D eigenvalue weighted by Gasteiger charge is 2.27. The summed E-state index contributed by atoms with van der Waals surface area (Å²) in [5.74, 6) is 0.238. The Kier molecular flexibility index (Phi) is 6.14. The molecule has 0 saturated carbocycles. The van der Waals surface area contributed by atoms with Crippen molar-refractivity contribution in [2.45, 2.75) is 25.4 Å². The van der Waals surface area contributed by atoms with Gasteiger partial charge in [0.15, 0.2) is 0 Å². The van der Waals surface area contributed by atoms with Gasteiger partial charge in [0.2, 0.25) is 5.91 Å². The van der Waals surface area contributed by atoms with Gasteiger partial charge >= 0.3 is 0 Å². The molecule has 1 aromatic carbocycles. The molecule has 2 aromatic heterocycles. The first-order valence-corrected chi connectivity index (χ1v) is 10.7. The van der Waals surface area contributed by atoms with Gasteiger partial charge in [0, 0.05) is 18.7 Å². The molecule has 1 aliphatic heterocycles. The molecule has 4 nitrogen and oxygen atoms in total. The van der Waals surface area contributed by atoms with Crippen LogP contribution >= 0.6 is 11.3 Å². The van der Waals surface area contributed by atoms with Gasteiger partial charge < -0.3 is 5.32 Å². The molecule has 3 heterocycles. The predicted octanol–water partition coefficient (Wildman–Crippen LogP) is 4.26. The van der Waals surface area contributed by atoms with Crippen molar-refractivity contribution in [3.63, 3.8) is 0 Å². The summed E-state index contributed by atoms with van der Waals surface area (Å²) in [6, 6.07) is 18.3. The first-order valence-electron chi connectivity index (χ1n) is 9.79. The first kappa shape index (κ1) is 18.8. The average molecular weight is 392 g/mol. The number of hydrogen-bond donors (Lipinski definition) is 1. The SMILES string of the molecule is O=C(NC(c1ccccc1)c1ccsc1)C1CCN(Cc2ccccn2)CC1. The lowest BCUT2D eigenvalue weighted by Crippen LogP contribution is -2.41. The smallest absolute Gasteiger partial charge is 0.223 e. The molecule has 1 atom stereocenters. The maximum atomic E-state index is 13.0. The molecular weight excluding hydrogens is 366 g/mol. The maximum absolute atomic E-state index is 13.0. The standard InChI is InChI=1S/C23H25N3OS/c27-23(19-9-13-26(14-10-19)16-21-8-4-5-12-24-21)25-22(20-11-15-28-17-20)18-6-2-1-3-7-18/h1-8,11-12,15,17,19,22H,9-10,13-14,16H2,(H,25,27). The zero-order valence-corrected chi connectivity index (χ0v) is 16.6. The van der Waals surface area contributed by atoms with Gasteiger partial charge in [0.1, 0.15) is 0 Å². The lowest BCUT2D eigenvalue weighted by molar-refractivity contribution is -0.127. The van der Waals surface area contributed by atoms with Crippen molar-refractivity contribution in [1.29, 1.82) is 0 Å². The van der Waals surface area contributed by atoms with E-state index in [1.54, 1.807) is 11.3 Å². The molecule has 144 valence electrons. The monoisotopic (exact) mass is 391 g/mol. The Morgan fingerprint density at radius 2 is 1.86 bits per heavy atom. The average Bonchev–Trinajstić information content (AvgIpc) is 3.28. The van der Waals surface area contributed by atoms with Crippen LogP contribution < -0.4 is 5.32 Å². The number of hydrogen-bond acceptors (Lipinski definition) is 4. The summed E-state index contributed by atoms with van der Waals surface area (Å²) in [5, 5.41) is 7.49. The Hall–Kier alpha value is -2.50. The van der Waals surface area contributed by atoms with Gasteiger partial charge in [-0.25, -0.2) is 0 Å². The van der Waals surface area contributed by atoms with Gasteiger partial charge in [0.05, 0.1) is 11.7 Å². The fourth-order valence-corrected chi connectivity index (χ4v) is 4.46. The van der Waals surface area contributed by atoms with E-state index in [-0.39, 0.29) is 17.9 Å². The number of nitrogens with one attached hydrogen (secondary N) is 1. The van der Waals surface area contributed by atoms with Crippen LogP contribution in [0.15, 0.2) is 71.6 Å². The number of piperidine rings is 1. The summed E-state index contributed by atoms with van der Waals surface area (Å²) in [5.41, 5.74) is 3.37. The van der Waals surface area contributed by atoms with Gasteiger partial charge in [-0.2, -0.15) is 11.3 Å². The maximum Gasteiger partial charge on any atom is 0.223 e. The van der Waals surface area contributed by atoms with Crippen molar-refractivity contribution < 1.29 is 4.79 Å². The molecule has 1 fully saturated rings. The molecular formula is C23H25N3OS. The fraction of sp³-hybridized carbons (Fsp3) is 0.304. The largest absolute Gasteiger partial charge is 0.345 e. The van der Waals surface area contributed by atoms with Crippen molar-refractivity contribution >= 4 is 17.2 Å². The number of carbonyl (C=O) groups is 1. The number of nitrogens with zero attached hydrogens (tertiary/aromatic N) is 2. The Morgan fingerprint density at radius 3 is 2.54 bits per heavy atom. The summed E-state index contributed by atoms with van der Waals surface area (Å²) >= 11 is 1.66. The highest BCUT2D eigenvalue weighted by atomic mass is 32.1. The van der Waals surface area contributed by atoms with Crippen LogP contribution in [0, 0.1) is 5.92 Å². The minimum Gasteiger partial charge on any atom is -0.345 e. The molecule has 1 N–H and O–H groups in total. The molecule has 0 radical (unpaired) electrons. The van der Waals surface area contributed by atoms with E-state index in [1.807, 2.05) is 36.5 Å². The predicted molar refractivity (Wildman–Crippen MR) is 113 cm³/mol. The molecule has 1 aliphatic rings.